The van der Waals surface area contributed by atoms with Crippen LogP contribution in [0.15, 0.2) is 35.7 Å². The lowest BCUT2D eigenvalue weighted by molar-refractivity contribution is 0.0682. The molecule has 22 heavy (non-hydrogen) atoms. The van der Waals surface area contributed by atoms with Crippen LogP contribution >= 0.6 is 23.7 Å². The van der Waals surface area contributed by atoms with Crippen molar-refractivity contribution < 1.29 is 4.79 Å². The summed E-state index contributed by atoms with van der Waals surface area (Å²) >= 11 is 1.43. The van der Waals surface area contributed by atoms with Gasteiger partial charge < -0.3 is 10.6 Å². The van der Waals surface area contributed by atoms with Gasteiger partial charge in [-0.2, -0.15) is 0 Å². The second-order valence-electron chi connectivity index (χ2n) is 5.35. The van der Waals surface area contributed by atoms with Crippen molar-refractivity contribution >= 4 is 29.7 Å². The topological polar surface area (TPSA) is 59.2 Å². The molecule has 0 saturated heterocycles. The van der Waals surface area contributed by atoms with Crippen LogP contribution in [0.1, 0.15) is 40.9 Å². The molecule has 0 radical (unpaired) electrons. The average molecular weight is 340 g/mol. The first kappa shape index (κ1) is 18.6. The van der Waals surface area contributed by atoms with Gasteiger partial charge in [0.05, 0.1) is 6.04 Å². The Bertz CT molecular complexity index is 600. The van der Waals surface area contributed by atoms with Crippen molar-refractivity contribution in [1.29, 1.82) is 0 Å². The van der Waals surface area contributed by atoms with Gasteiger partial charge in [0.1, 0.15) is 10.7 Å². The molecule has 0 bridgehead atoms. The van der Waals surface area contributed by atoms with Crippen molar-refractivity contribution in [3.63, 3.8) is 0 Å². The monoisotopic (exact) mass is 339 g/mol. The second-order valence-corrected chi connectivity index (χ2v) is 6.29. The van der Waals surface area contributed by atoms with Gasteiger partial charge in [-0.3, -0.25) is 4.79 Å². The average Bonchev–Trinajstić information content (AvgIpc) is 2.96. The van der Waals surface area contributed by atoms with E-state index < -0.39 is 0 Å². The lowest BCUT2D eigenvalue weighted by atomic mass is 9.94. The Morgan fingerprint density at radius 1 is 1.32 bits per heavy atom. The van der Waals surface area contributed by atoms with Crippen LogP contribution in [0.25, 0.3) is 0 Å². The first-order valence-corrected chi connectivity index (χ1v) is 7.89. The van der Waals surface area contributed by atoms with Crippen LogP contribution in [0.3, 0.4) is 0 Å². The summed E-state index contributed by atoms with van der Waals surface area (Å²) in [5, 5.41) is 2.57. The molecule has 1 unspecified atom stereocenters. The molecule has 1 atom stereocenters. The molecule has 1 amide bonds. The van der Waals surface area contributed by atoms with E-state index in [9.17, 15) is 4.79 Å². The number of thiazole rings is 1. The lowest BCUT2D eigenvalue weighted by Crippen LogP contribution is -2.34. The third-order valence-electron chi connectivity index (χ3n) is 3.46. The Morgan fingerprint density at radius 3 is 2.45 bits per heavy atom. The third-order valence-corrected chi connectivity index (χ3v) is 4.33. The molecule has 0 saturated carbocycles. The highest BCUT2D eigenvalue weighted by atomic mass is 35.5. The van der Waals surface area contributed by atoms with E-state index in [0.29, 0.717) is 18.2 Å². The normalized spacial score (nSPS) is 11.9. The lowest BCUT2D eigenvalue weighted by Gasteiger charge is -2.31. The summed E-state index contributed by atoms with van der Waals surface area (Å²) in [7, 11) is 1.83. The molecule has 0 fully saturated rings. The van der Waals surface area contributed by atoms with E-state index in [1.54, 1.807) is 10.3 Å². The number of amides is 1. The number of carbonyl (C=O) groups is 1. The highest BCUT2D eigenvalue weighted by molar-refractivity contribution is 7.09. The van der Waals surface area contributed by atoms with Gasteiger partial charge in [-0.25, -0.2) is 4.98 Å². The minimum Gasteiger partial charge on any atom is -0.333 e. The Kier molecular flexibility index (Phi) is 7.00. The van der Waals surface area contributed by atoms with Crippen molar-refractivity contribution in [3.05, 3.63) is 52.0 Å². The summed E-state index contributed by atoms with van der Waals surface area (Å²) in [6.07, 6.45) is 0. The van der Waals surface area contributed by atoms with Crippen LogP contribution in [0.5, 0.6) is 0 Å². The van der Waals surface area contributed by atoms with Crippen molar-refractivity contribution in [2.24, 2.45) is 11.7 Å². The SMILES string of the molecule is CC(C)C(c1ccccc1)N(C)C(=O)c1csc(CN)n1.Cl. The maximum absolute atomic E-state index is 12.6. The minimum absolute atomic E-state index is 0. The van der Waals surface area contributed by atoms with E-state index >= 15 is 0 Å². The highest BCUT2D eigenvalue weighted by Gasteiger charge is 2.26. The molecule has 1 heterocycles. The zero-order valence-corrected chi connectivity index (χ0v) is 14.7. The van der Waals surface area contributed by atoms with Gasteiger partial charge in [-0.1, -0.05) is 44.2 Å². The van der Waals surface area contributed by atoms with Crippen LogP contribution in [-0.4, -0.2) is 22.8 Å². The number of nitrogens with zero attached hydrogens (tertiary/aromatic N) is 2. The molecule has 2 rings (SSSR count). The Hall–Kier alpha value is -1.43. The predicted molar refractivity (Wildman–Crippen MR) is 93.4 cm³/mol. The molecule has 0 aliphatic heterocycles. The summed E-state index contributed by atoms with van der Waals surface area (Å²) < 4.78 is 0. The summed E-state index contributed by atoms with van der Waals surface area (Å²) in [4.78, 5) is 18.7. The van der Waals surface area contributed by atoms with E-state index in [1.165, 1.54) is 11.3 Å². The zero-order valence-electron chi connectivity index (χ0n) is 13.0. The van der Waals surface area contributed by atoms with Gasteiger partial charge in [-0.05, 0) is 11.5 Å². The number of benzene rings is 1. The van der Waals surface area contributed by atoms with E-state index in [0.717, 1.165) is 10.6 Å². The molecule has 4 nitrogen and oxygen atoms in total. The largest absolute Gasteiger partial charge is 0.333 e. The number of nitrogens with two attached hydrogens (primary N) is 1. The van der Waals surface area contributed by atoms with Gasteiger partial charge in [0.2, 0.25) is 0 Å². The molecule has 2 aromatic rings. The molecular formula is C16H22ClN3OS. The van der Waals surface area contributed by atoms with Crippen molar-refractivity contribution in [1.82, 2.24) is 9.88 Å². The summed E-state index contributed by atoms with van der Waals surface area (Å²) in [6, 6.07) is 10.1. The number of carbonyl (C=O) groups excluding carboxylic acids is 1. The molecule has 0 aliphatic rings. The zero-order chi connectivity index (χ0) is 15.4. The molecule has 1 aromatic heterocycles. The van der Waals surface area contributed by atoms with Gasteiger partial charge in [0.15, 0.2) is 0 Å². The minimum atomic E-state index is -0.0616. The Balaban J connectivity index is 0.00000242. The molecule has 120 valence electrons. The summed E-state index contributed by atoms with van der Waals surface area (Å²) in [5.74, 6) is 0.252. The fourth-order valence-electron chi connectivity index (χ4n) is 2.52. The van der Waals surface area contributed by atoms with Gasteiger partial charge in [0, 0.05) is 19.0 Å². The molecule has 6 heteroatoms. The molecule has 0 spiro atoms. The number of rotatable bonds is 5. The van der Waals surface area contributed by atoms with E-state index in [2.05, 4.69) is 31.0 Å². The quantitative estimate of drug-likeness (QED) is 0.907. The number of hydrogen-bond acceptors (Lipinski definition) is 4. The standard InChI is InChI=1S/C16H21N3OS.ClH/c1-11(2)15(12-7-5-4-6-8-12)19(3)16(20)13-10-21-14(9-17)18-13;/h4-8,10-11,15H,9,17H2,1-3H3;1H. The molecule has 2 N–H and O–H groups in total. The van der Waals surface area contributed by atoms with Crippen LogP contribution in [0.2, 0.25) is 0 Å². The van der Waals surface area contributed by atoms with Crippen LogP contribution in [0, 0.1) is 5.92 Å². The maximum Gasteiger partial charge on any atom is 0.273 e. The molecular weight excluding hydrogens is 318 g/mol. The molecule has 0 aliphatic carbocycles. The summed E-state index contributed by atoms with van der Waals surface area (Å²) in [6.45, 7) is 4.61. The maximum atomic E-state index is 12.6. The fourth-order valence-corrected chi connectivity index (χ4v) is 3.16. The van der Waals surface area contributed by atoms with Gasteiger partial charge >= 0.3 is 0 Å². The predicted octanol–water partition coefficient (Wildman–Crippen LogP) is 3.49. The first-order chi connectivity index (χ1) is 10.0. The van der Waals surface area contributed by atoms with E-state index in [-0.39, 0.29) is 24.4 Å². The number of halogens is 1. The fraction of sp³-hybridized carbons (Fsp3) is 0.375. The van der Waals surface area contributed by atoms with Gasteiger partial charge in [-0.15, -0.1) is 23.7 Å². The second kappa shape index (κ2) is 8.27. The van der Waals surface area contributed by atoms with Crippen LogP contribution in [-0.2, 0) is 6.54 Å². The van der Waals surface area contributed by atoms with E-state index in [1.807, 2.05) is 25.2 Å². The number of hydrogen-bond donors (Lipinski definition) is 1. The first-order valence-electron chi connectivity index (χ1n) is 7.01. The van der Waals surface area contributed by atoms with Crippen LogP contribution in [0.4, 0.5) is 0 Å². The van der Waals surface area contributed by atoms with Gasteiger partial charge in [0.25, 0.3) is 5.91 Å². The molecule has 1 aromatic carbocycles. The summed E-state index contributed by atoms with van der Waals surface area (Å²) in [5.41, 5.74) is 7.17. The third kappa shape index (κ3) is 4.06. The van der Waals surface area contributed by atoms with Crippen molar-refractivity contribution in [2.45, 2.75) is 26.4 Å². The smallest absolute Gasteiger partial charge is 0.273 e. The highest BCUT2D eigenvalue weighted by Crippen LogP contribution is 2.28. The van der Waals surface area contributed by atoms with E-state index in [4.69, 9.17) is 5.73 Å². The van der Waals surface area contributed by atoms with Crippen molar-refractivity contribution in [3.8, 4) is 0 Å². The van der Waals surface area contributed by atoms with Crippen molar-refractivity contribution in [2.75, 3.05) is 7.05 Å². The Labute approximate surface area is 141 Å². The number of aromatic nitrogens is 1. The van der Waals surface area contributed by atoms with Crippen LogP contribution < -0.4 is 5.73 Å². The Morgan fingerprint density at radius 2 is 1.95 bits per heavy atom.